The van der Waals surface area contributed by atoms with E-state index >= 15 is 0 Å². The summed E-state index contributed by atoms with van der Waals surface area (Å²) in [5.74, 6) is 0.419. The molecule has 1 atom stereocenters. The third kappa shape index (κ3) is 3.51. The summed E-state index contributed by atoms with van der Waals surface area (Å²) in [7, 11) is 0. The van der Waals surface area contributed by atoms with Crippen molar-refractivity contribution in [3.05, 3.63) is 22.3 Å². The lowest BCUT2D eigenvalue weighted by molar-refractivity contribution is -0.118. The van der Waals surface area contributed by atoms with Crippen molar-refractivity contribution < 1.29 is 4.79 Å². The summed E-state index contributed by atoms with van der Waals surface area (Å²) < 4.78 is 0.918. The summed E-state index contributed by atoms with van der Waals surface area (Å²) >= 11 is 3.43. The van der Waals surface area contributed by atoms with E-state index in [9.17, 15) is 4.79 Å². The zero-order chi connectivity index (χ0) is 11.4. The van der Waals surface area contributed by atoms with Crippen molar-refractivity contribution in [3.8, 4) is 0 Å². The number of halogens is 1. The molecule has 1 rings (SSSR count). The van der Waals surface area contributed by atoms with Crippen molar-refractivity contribution in [2.45, 2.75) is 26.3 Å². The summed E-state index contributed by atoms with van der Waals surface area (Å²) in [4.78, 5) is 14.9. The molecule has 0 aliphatic carbocycles. The molecular formula is C10H14BrN3O. The predicted molar refractivity (Wildman–Crippen MR) is 63.6 cm³/mol. The summed E-state index contributed by atoms with van der Waals surface area (Å²) in [6.45, 7) is 3.87. The summed E-state index contributed by atoms with van der Waals surface area (Å²) in [6, 6.07) is 1.89. The lowest BCUT2D eigenvalue weighted by Crippen LogP contribution is -2.24. The Bertz CT molecular complexity index is 368. The van der Waals surface area contributed by atoms with E-state index in [2.05, 4.69) is 26.2 Å². The fourth-order valence-corrected chi connectivity index (χ4v) is 1.58. The number of carbonyl (C=O) groups is 1. The number of amides is 1. The van der Waals surface area contributed by atoms with Gasteiger partial charge in [0.15, 0.2) is 0 Å². The van der Waals surface area contributed by atoms with Crippen LogP contribution < -0.4 is 11.1 Å². The number of primary amides is 1. The van der Waals surface area contributed by atoms with Crippen LogP contribution in [0.25, 0.3) is 0 Å². The number of anilines is 1. The zero-order valence-electron chi connectivity index (χ0n) is 8.75. The van der Waals surface area contributed by atoms with Gasteiger partial charge in [-0.15, -0.1) is 0 Å². The minimum Gasteiger partial charge on any atom is -0.370 e. The highest BCUT2D eigenvalue weighted by atomic mass is 79.9. The van der Waals surface area contributed by atoms with Crippen molar-refractivity contribution in [2.75, 3.05) is 5.32 Å². The van der Waals surface area contributed by atoms with Crippen LogP contribution in [0.4, 0.5) is 5.82 Å². The number of hydrogen-bond acceptors (Lipinski definition) is 3. The van der Waals surface area contributed by atoms with E-state index in [4.69, 9.17) is 5.73 Å². The van der Waals surface area contributed by atoms with Gasteiger partial charge in [0, 0.05) is 18.7 Å². The van der Waals surface area contributed by atoms with Gasteiger partial charge in [0.25, 0.3) is 0 Å². The molecule has 4 nitrogen and oxygen atoms in total. The molecule has 0 spiro atoms. The van der Waals surface area contributed by atoms with Crippen molar-refractivity contribution >= 4 is 27.7 Å². The van der Waals surface area contributed by atoms with Crippen LogP contribution >= 0.6 is 15.9 Å². The van der Waals surface area contributed by atoms with Crippen molar-refractivity contribution in [3.63, 3.8) is 0 Å². The van der Waals surface area contributed by atoms with E-state index in [1.165, 1.54) is 0 Å². The molecule has 0 fully saturated rings. The first kappa shape index (κ1) is 12.0. The number of carbonyl (C=O) groups excluding carboxylic acids is 1. The first-order valence-electron chi connectivity index (χ1n) is 4.66. The number of aryl methyl sites for hydroxylation is 1. The molecule has 0 saturated carbocycles. The number of hydrogen-bond donors (Lipinski definition) is 2. The second-order valence-corrected chi connectivity index (χ2v) is 4.30. The molecule has 5 heteroatoms. The van der Waals surface area contributed by atoms with Crippen molar-refractivity contribution in [2.24, 2.45) is 5.73 Å². The number of nitrogens with one attached hydrogen (secondary N) is 1. The molecular weight excluding hydrogens is 258 g/mol. The third-order valence-electron chi connectivity index (χ3n) is 1.97. The first-order valence-corrected chi connectivity index (χ1v) is 5.46. The number of rotatable bonds is 4. The van der Waals surface area contributed by atoms with Crippen LogP contribution in [0.5, 0.6) is 0 Å². The molecule has 1 aromatic heterocycles. The van der Waals surface area contributed by atoms with E-state index in [0.717, 1.165) is 15.9 Å². The van der Waals surface area contributed by atoms with Gasteiger partial charge >= 0.3 is 0 Å². The van der Waals surface area contributed by atoms with Crippen molar-refractivity contribution in [1.82, 2.24) is 4.98 Å². The molecule has 0 bridgehead atoms. The number of pyridine rings is 1. The van der Waals surface area contributed by atoms with Gasteiger partial charge in [0.1, 0.15) is 5.82 Å². The predicted octanol–water partition coefficient (Wildman–Crippen LogP) is 1.83. The van der Waals surface area contributed by atoms with Crippen LogP contribution in [0.2, 0.25) is 0 Å². The van der Waals surface area contributed by atoms with Gasteiger partial charge in [-0.3, -0.25) is 4.79 Å². The second kappa shape index (κ2) is 5.11. The monoisotopic (exact) mass is 271 g/mol. The zero-order valence-corrected chi connectivity index (χ0v) is 10.3. The van der Waals surface area contributed by atoms with Gasteiger partial charge in [-0.25, -0.2) is 4.98 Å². The van der Waals surface area contributed by atoms with Crippen LogP contribution in [0.15, 0.2) is 16.7 Å². The van der Waals surface area contributed by atoms with E-state index < -0.39 is 0 Å². The smallest absolute Gasteiger partial charge is 0.219 e. The SMILES string of the molecule is Cc1ccnc(NC(C)CC(N)=O)c1Br. The molecule has 1 unspecified atom stereocenters. The lowest BCUT2D eigenvalue weighted by Gasteiger charge is -2.14. The quantitative estimate of drug-likeness (QED) is 0.878. The van der Waals surface area contributed by atoms with E-state index in [1.807, 2.05) is 19.9 Å². The fourth-order valence-electron chi connectivity index (χ4n) is 1.23. The minimum absolute atomic E-state index is 0.0203. The van der Waals surface area contributed by atoms with Gasteiger partial charge in [-0.05, 0) is 41.4 Å². The molecule has 0 aliphatic heterocycles. The topological polar surface area (TPSA) is 68.0 Å². The highest BCUT2D eigenvalue weighted by Crippen LogP contribution is 2.23. The fraction of sp³-hybridized carbons (Fsp3) is 0.400. The number of nitrogens with two attached hydrogens (primary N) is 1. The Kier molecular flexibility index (Phi) is 4.08. The Labute approximate surface area is 97.4 Å². The summed E-state index contributed by atoms with van der Waals surface area (Å²) in [5.41, 5.74) is 6.20. The normalized spacial score (nSPS) is 12.2. The lowest BCUT2D eigenvalue weighted by atomic mass is 10.2. The van der Waals surface area contributed by atoms with Crippen LogP contribution in [0.3, 0.4) is 0 Å². The summed E-state index contributed by atoms with van der Waals surface area (Å²) in [5, 5.41) is 3.12. The average molecular weight is 272 g/mol. The highest BCUT2D eigenvalue weighted by Gasteiger charge is 2.09. The molecule has 1 heterocycles. The molecule has 0 aliphatic rings. The molecule has 0 saturated heterocycles. The maximum Gasteiger partial charge on any atom is 0.219 e. The third-order valence-corrected chi connectivity index (χ3v) is 2.97. The van der Waals surface area contributed by atoms with Gasteiger partial charge in [0.05, 0.1) is 4.47 Å². The first-order chi connectivity index (χ1) is 7.00. The maximum atomic E-state index is 10.7. The van der Waals surface area contributed by atoms with E-state index in [-0.39, 0.29) is 11.9 Å². The Balaban J connectivity index is 2.72. The van der Waals surface area contributed by atoms with Crippen LogP contribution in [0.1, 0.15) is 18.9 Å². The molecule has 15 heavy (non-hydrogen) atoms. The van der Waals surface area contributed by atoms with Gasteiger partial charge in [-0.2, -0.15) is 0 Å². The van der Waals surface area contributed by atoms with Crippen LogP contribution in [0, 0.1) is 6.92 Å². The molecule has 0 aromatic carbocycles. The van der Waals surface area contributed by atoms with Gasteiger partial charge in [0.2, 0.25) is 5.91 Å². The van der Waals surface area contributed by atoms with Crippen LogP contribution in [-0.2, 0) is 4.79 Å². The van der Waals surface area contributed by atoms with E-state index in [0.29, 0.717) is 6.42 Å². The van der Waals surface area contributed by atoms with Gasteiger partial charge < -0.3 is 11.1 Å². The Hall–Kier alpha value is -1.10. The number of nitrogens with zero attached hydrogens (tertiary/aromatic N) is 1. The molecule has 3 N–H and O–H groups in total. The average Bonchev–Trinajstić information content (AvgIpc) is 2.11. The summed E-state index contributed by atoms with van der Waals surface area (Å²) in [6.07, 6.45) is 2.02. The second-order valence-electron chi connectivity index (χ2n) is 3.51. The molecule has 82 valence electrons. The molecule has 0 radical (unpaired) electrons. The van der Waals surface area contributed by atoms with Gasteiger partial charge in [-0.1, -0.05) is 0 Å². The Morgan fingerprint density at radius 1 is 1.73 bits per heavy atom. The van der Waals surface area contributed by atoms with E-state index in [1.54, 1.807) is 6.20 Å². The molecule has 1 amide bonds. The standard InChI is InChI=1S/C10H14BrN3O/c1-6-3-4-13-10(9(6)11)14-7(2)5-8(12)15/h3-4,7H,5H2,1-2H3,(H2,12,15)(H,13,14). The molecule has 1 aromatic rings. The minimum atomic E-state index is -0.321. The van der Waals surface area contributed by atoms with Crippen molar-refractivity contribution in [1.29, 1.82) is 0 Å². The largest absolute Gasteiger partial charge is 0.370 e. The highest BCUT2D eigenvalue weighted by molar-refractivity contribution is 9.10. The maximum absolute atomic E-state index is 10.7. The Morgan fingerprint density at radius 3 is 3.00 bits per heavy atom. The Morgan fingerprint density at radius 2 is 2.40 bits per heavy atom. The van der Waals surface area contributed by atoms with Crippen LogP contribution in [-0.4, -0.2) is 16.9 Å². The number of aromatic nitrogens is 1.